The first-order valence-corrected chi connectivity index (χ1v) is 11.1. The van der Waals surface area contributed by atoms with Crippen LogP contribution in [0.5, 0.6) is 0 Å². The van der Waals surface area contributed by atoms with Gasteiger partial charge in [-0.3, -0.25) is 24.0 Å². The van der Waals surface area contributed by atoms with Crippen LogP contribution >= 0.6 is 0 Å². The Bertz CT molecular complexity index is 683. The second kappa shape index (κ2) is 12.3. The summed E-state index contributed by atoms with van der Waals surface area (Å²) in [5.41, 5.74) is 0. The van der Waals surface area contributed by atoms with Crippen molar-refractivity contribution >= 4 is 29.5 Å². The van der Waals surface area contributed by atoms with Crippen LogP contribution in [-0.4, -0.2) is 85.7 Å². The van der Waals surface area contributed by atoms with E-state index in [2.05, 4.69) is 16.0 Å². The van der Waals surface area contributed by atoms with Crippen LogP contribution in [0.25, 0.3) is 0 Å². The predicted octanol–water partition coefficient (Wildman–Crippen LogP) is -0.758. The van der Waals surface area contributed by atoms with Crippen LogP contribution in [0.2, 0.25) is 0 Å². The van der Waals surface area contributed by atoms with Gasteiger partial charge in [-0.15, -0.1) is 0 Å². The van der Waals surface area contributed by atoms with E-state index in [-0.39, 0.29) is 60.8 Å². The monoisotopic (exact) mass is 437 g/mol. The van der Waals surface area contributed by atoms with Crippen molar-refractivity contribution in [2.24, 2.45) is 11.8 Å². The van der Waals surface area contributed by atoms with E-state index in [1.807, 2.05) is 0 Å². The number of carbonyl (C=O) groups is 5. The average molecular weight is 438 g/mol. The molecule has 0 aromatic heterocycles. The lowest BCUT2D eigenvalue weighted by molar-refractivity contribution is -0.143. The van der Waals surface area contributed by atoms with Gasteiger partial charge in [-0.05, 0) is 25.7 Å². The van der Waals surface area contributed by atoms with E-state index in [4.69, 9.17) is 0 Å². The third-order valence-electron chi connectivity index (χ3n) is 5.87. The molecule has 0 saturated carbocycles. The van der Waals surface area contributed by atoms with Gasteiger partial charge in [-0.2, -0.15) is 0 Å². The summed E-state index contributed by atoms with van der Waals surface area (Å²) in [5.74, 6) is -1.01. The number of carbonyl (C=O) groups excluding carboxylic acids is 5. The highest BCUT2D eigenvalue weighted by molar-refractivity contribution is 5.84. The Balaban J connectivity index is 1.83. The minimum absolute atomic E-state index is 0.00206. The maximum Gasteiger partial charge on any atom is 0.227 e. The molecule has 2 saturated heterocycles. The van der Waals surface area contributed by atoms with Gasteiger partial charge in [0.2, 0.25) is 29.5 Å². The fourth-order valence-corrected chi connectivity index (χ4v) is 4.13. The number of nitrogens with zero attached hydrogens (tertiary/aromatic N) is 2. The van der Waals surface area contributed by atoms with Crippen molar-refractivity contribution in [2.75, 3.05) is 46.3 Å². The molecule has 10 nitrogen and oxygen atoms in total. The first-order chi connectivity index (χ1) is 14.8. The molecule has 0 unspecified atom stereocenters. The van der Waals surface area contributed by atoms with Crippen molar-refractivity contribution in [1.82, 2.24) is 25.8 Å². The summed E-state index contributed by atoms with van der Waals surface area (Å²) < 4.78 is 0. The van der Waals surface area contributed by atoms with Gasteiger partial charge in [0.25, 0.3) is 0 Å². The zero-order valence-corrected chi connectivity index (χ0v) is 18.6. The molecule has 2 aliphatic heterocycles. The topological polar surface area (TPSA) is 128 Å². The molecule has 2 fully saturated rings. The molecule has 3 N–H and O–H groups in total. The molecular formula is C21H35N5O5. The molecule has 174 valence electrons. The number of rotatable bonds is 8. The summed E-state index contributed by atoms with van der Waals surface area (Å²) in [7, 11) is 1.55. The lowest BCUT2D eigenvalue weighted by Crippen LogP contribution is -2.51. The largest absolute Gasteiger partial charge is 0.359 e. The summed E-state index contributed by atoms with van der Waals surface area (Å²) in [4.78, 5) is 63.6. The van der Waals surface area contributed by atoms with Crippen molar-refractivity contribution in [3.63, 3.8) is 0 Å². The Morgan fingerprint density at radius 1 is 0.839 bits per heavy atom. The normalized spacial score (nSPS) is 21.2. The molecule has 0 spiro atoms. The summed E-state index contributed by atoms with van der Waals surface area (Å²) in [6, 6.07) is 0. The van der Waals surface area contributed by atoms with Gasteiger partial charge in [0.1, 0.15) is 0 Å². The maximum atomic E-state index is 13.1. The molecule has 2 rings (SSSR count). The molecule has 5 amide bonds. The Morgan fingerprint density at radius 2 is 1.45 bits per heavy atom. The number of piperidine rings is 2. The van der Waals surface area contributed by atoms with E-state index in [0.29, 0.717) is 39.1 Å². The summed E-state index contributed by atoms with van der Waals surface area (Å²) in [6.45, 7) is 3.99. The highest BCUT2D eigenvalue weighted by atomic mass is 16.2. The van der Waals surface area contributed by atoms with Crippen molar-refractivity contribution in [2.45, 2.75) is 45.4 Å². The van der Waals surface area contributed by atoms with Crippen LogP contribution in [0.15, 0.2) is 0 Å². The highest BCUT2D eigenvalue weighted by Gasteiger charge is 2.34. The van der Waals surface area contributed by atoms with Crippen molar-refractivity contribution in [1.29, 1.82) is 0 Å². The van der Waals surface area contributed by atoms with Crippen molar-refractivity contribution in [3.05, 3.63) is 0 Å². The number of amides is 5. The van der Waals surface area contributed by atoms with Gasteiger partial charge in [-0.1, -0.05) is 0 Å². The van der Waals surface area contributed by atoms with Gasteiger partial charge in [-0.25, -0.2) is 0 Å². The molecule has 31 heavy (non-hydrogen) atoms. The number of hydrogen-bond acceptors (Lipinski definition) is 5. The first-order valence-electron chi connectivity index (χ1n) is 11.1. The van der Waals surface area contributed by atoms with Crippen LogP contribution < -0.4 is 16.0 Å². The summed E-state index contributed by atoms with van der Waals surface area (Å²) in [6.07, 6.45) is 3.42. The summed E-state index contributed by atoms with van der Waals surface area (Å²) in [5, 5.41) is 7.92. The molecule has 0 aliphatic carbocycles. The van der Waals surface area contributed by atoms with Gasteiger partial charge in [0.05, 0.1) is 11.8 Å². The van der Waals surface area contributed by atoms with Crippen molar-refractivity contribution < 1.29 is 24.0 Å². The standard InChI is InChI=1S/C21H35N5O5/c1-15(27)23-10-8-19(29)25-11-4-6-17(14-25)21(31)26-12-3-5-16(13-26)20(30)24-9-7-18(28)22-2/h16-17H,3-14H2,1-2H3,(H,22,28)(H,23,27)(H,24,30)/t16-,17-/m1/s1. The molecular weight excluding hydrogens is 402 g/mol. The SMILES string of the molecule is CNC(=O)CCNC(=O)[C@@H]1CCCN(C(=O)[C@@H]2CCCN(C(=O)CCNC(C)=O)C2)C1. The minimum atomic E-state index is -0.277. The van der Waals surface area contributed by atoms with E-state index in [0.717, 1.165) is 19.3 Å². The Hall–Kier alpha value is -2.65. The summed E-state index contributed by atoms with van der Waals surface area (Å²) >= 11 is 0. The molecule has 2 heterocycles. The fourth-order valence-electron chi connectivity index (χ4n) is 4.13. The Labute approximate surface area is 183 Å². The quantitative estimate of drug-likeness (QED) is 0.460. The molecule has 2 aliphatic rings. The first kappa shape index (κ1) is 24.6. The smallest absolute Gasteiger partial charge is 0.227 e. The van der Waals surface area contributed by atoms with Crippen LogP contribution in [0, 0.1) is 11.8 Å². The van der Waals surface area contributed by atoms with Crippen LogP contribution in [0.4, 0.5) is 0 Å². The lowest BCUT2D eigenvalue weighted by atomic mass is 9.92. The molecule has 10 heteroatoms. The molecule has 0 bridgehead atoms. The Kier molecular flexibility index (Phi) is 9.74. The highest BCUT2D eigenvalue weighted by Crippen LogP contribution is 2.23. The number of nitrogens with one attached hydrogen (secondary N) is 3. The third kappa shape index (κ3) is 7.84. The van der Waals surface area contributed by atoms with Gasteiger partial charge >= 0.3 is 0 Å². The lowest BCUT2D eigenvalue weighted by Gasteiger charge is -2.38. The number of hydrogen-bond donors (Lipinski definition) is 3. The molecule has 0 aromatic carbocycles. The van der Waals surface area contributed by atoms with Crippen LogP contribution in [0.1, 0.15) is 45.4 Å². The Morgan fingerprint density at radius 3 is 2.13 bits per heavy atom. The van der Waals surface area contributed by atoms with Crippen molar-refractivity contribution in [3.8, 4) is 0 Å². The van der Waals surface area contributed by atoms with Gasteiger partial charge < -0.3 is 25.8 Å². The number of likely N-dealkylation sites (tertiary alicyclic amines) is 2. The zero-order valence-electron chi connectivity index (χ0n) is 18.6. The predicted molar refractivity (Wildman–Crippen MR) is 114 cm³/mol. The van der Waals surface area contributed by atoms with Gasteiger partial charge in [0, 0.05) is 66.1 Å². The van der Waals surface area contributed by atoms with E-state index in [1.54, 1.807) is 16.8 Å². The molecule has 0 radical (unpaired) electrons. The average Bonchev–Trinajstić information content (AvgIpc) is 2.78. The van der Waals surface area contributed by atoms with Crippen LogP contribution in [-0.2, 0) is 24.0 Å². The maximum absolute atomic E-state index is 13.1. The second-order valence-corrected chi connectivity index (χ2v) is 8.25. The second-order valence-electron chi connectivity index (χ2n) is 8.25. The zero-order chi connectivity index (χ0) is 22.8. The third-order valence-corrected chi connectivity index (χ3v) is 5.87. The van der Waals surface area contributed by atoms with E-state index in [1.165, 1.54) is 6.92 Å². The van der Waals surface area contributed by atoms with Gasteiger partial charge in [0.15, 0.2) is 0 Å². The minimum Gasteiger partial charge on any atom is -0.359 e. The van der Waals surface area contributed by atoms with Crippen LogP contribution in [0.3, 0.4) is 0 Å². The van der Waals surface area contributed by atoms with E-state index >= 15 is 0 Å². The van der Waals surface area contributed by atoms with E-state index < -0.39 is 0 Å². The molecule has 0 aromatic rings. The molecule has 2 atom stereocenters. The van der Waals surface area contributed by atoms with E-state index in [9.17, 15) is 24.0 Å². The fraction of sp³-hybridized carbons (Fsp3) is 0.762.